The highest BCUT2D eigenvalue weighted by Gasteiger charge is 2.39. The molecule has 2 rings (SSSR count). The minimum atomic E-state index is 0.298. The number of rotatable bonds is 5. The molecular formula is C13H25NO. The molecular weight excluding hydrogens is 186 g/mol. The lowest BCUT2D eigenvalue weighted by Crippen LogP contribution is -2.43. The highest BCUT2D eigenvalue weighted by atomic mass is 16.3. The molecule has 0 aromatic rings. The van der Waals surface area contributed by atoms with Gasteiger partial charge in [0.25, 0.3) is 0 Å². The Morgan fingerprint density at radius 1 is 1.27 bits per heavy atom. The quantitative estimate of drug-likeness (QED) is 0.730. The van der Waals surface area contributed by atoms with E-state index in [0.717, 1.165) is 18.3 Å². The Morgan fingerprint density at radius 3 is 2.53 bits per heavy atom. The summed E-state index contributed by atoms with van der Waals surface area (Å²) in [5.41, 5.74) is 0. The average molecular weight is 211 g/mol. The average Bonchev–Trinajstić information content (AvgIpc) is 2.77. The maximum absolute atomic E-state index is 9.34. The van der Waals surface area contributed by atoms with Crippen LogP contribution in [0, 0.1) is 17.8 Å². The van der Waals surface area contributed by atoms with Gasteiger partial charge in [-0.15, -0.1) is 0 Å². The first-order chi connectivity index (χ1) is 7.19. The highest BCUT2D eigenvalue weighted by Crippen LogP contribution is 2.44. The van der Waals surface area contributed by atoms with Crippen LogP contribution in [0.1, 0.15) is 46.0 Å². The number of hydrogen-bond donors (Lipinski definition) is 2. The molecule has 0 heterocycles. The van der Waals surface area contributed by atoms with E-state index in [1.54, 1.807) is 0 Å². The predicted molar refractivity (Wildman–Crippen MR) is 62.7 cm³/mol. The second-order valence-electron chi connectivity index (χ2n) is 5.96. The molecule has 2 aliphatic carbocycles. The maximum Gasteiger partial charge on any atom is 0.0584 e. The van der Waals surface area contributed by atoms with Crippen LogP contribution in [-0.4, -0.2) is 23.8 Å². The van der Waals surface area contributed by atoms with Gasteiger partial charge in [0.1, 0.15) is 0 Å². The van der Waals surface area contributed by atoms with Crippen LogP contribution in [0.25, 0.3) is 0 Å². The number of aliphatic hydroxyl groups is 1. The van der Waals surface area contributed by atoms with Gasteiger partial charge in [-0.05, 0) is 43.4 Å². The zero-order chi connectivity index (χ0) is 10.8. The number of aliphatic hydroxyl groups excluding tert-OH is 1. The highest BCUT2D eigenvalue weighted by molar-refractivity contribution is 4.95. The molecule has 88 valence electrons. The van der Waals surface area contributed by atoms with Crippen molar-refractivity contribution < 1.29 is 5.11 Å². The predicted octanol–water partition coefficient (Wildman–Crippen LogP) is 2.17. The SMILES string of the molecule is CC(C)C[C@H](CO)N[C@@H]1C[C@H]2CC[C@H]1C2. The molecule has 2 aliphatic rings. The molecule has 2 fully saturated rings. The summed E-state index contributed by atoms with van der Waals surface area (Å²) in [7, 11) is 0. The third kappa shape index (κ3) is 2.73. The topological polar surface area (TPSA) is 32.3 Å². The van der Waals surface area contributed by atoms with E-state index in [1.807, 2.05) is 0 Å². The molecule has 0 radical (unpaired) electrons. The lowest BCUT2D eigenvalue weighted by molar-refractivity contribution is 0.197. The zero-order valence-corrected chi connectivity index (χ0v) is 10.1. The maximum atomic E-state index is 9.34. The Kier molecular flexibility index (Phi) is 3.68. The van der Waals surface area contributed by atoms with Crippen molar-refractivity contribution in [1.29, 1.82) is 0 Å². The van der Waals surface area contributed by atoms with Crippen molar-refractivity contribution in [3.63, 3.8) is 0 Å². The lowest BCUT2D eigenvalue weighted by Gasteiger charge is -2.28. The zero-order valence-electron chi connectivity index (χ0n) is 10.1. The van der Waals surface area contributed by atoms with E-state index in [2.05, 4.69) is 19.2 Å². The van der Waals surface area contributed by atoms with Gasteiger partial charge in [-0.2, -0.15) is 0 Å². The van der Waals surface area contributed by atoms with Crippen LogP contribution in [0.3, 0.4) is 0 Å². The summed E-state index contributed by atoms with van der Waals surface area (Å²) in [6, 6.07) is 1.04. The van der Waals surface area contributed by atoms with Gasteiger partial charge in [0.05, 0.1) is 6.61 Å². The van der Waals surface area contributed by atoms with Gasteiger partial charge in [0.15, 0.2) is 0 Å². The fourth-order valence-corrected chi connectivity index (χ4v) is 3.52. The van der Waals surface area contributed by atoms with E-state index in [9.17, 15) is 5.11 Å². The minimum Gasteiger partial charge on any atom is -0.395 e. The molecule has 0 saturated heterocycles. The Balaban J connectivity index is 1.79. The van der Waals surface area contributed by atoms with Crippen molar-refractivity contribution in [2.75, 3.05) is 6.61 Å². The van der Waals surface area contributed by atoms with E-state index >= 15 is 0 Å². The van der Waals surface area contributed by atoms with Gasteiger partial charge in [0, 0.05) is 12.1 Å². The Hall–Kier alpha value is -0.0800. The lowest BCUT2D eigenvalue weighted by atomic mass is 9.93. The van der Waals surface area contributed by atoms with Crippen LogP contribution in [0.5, 0.6) is 0 Å². The smallest absolute Gasteiger partial charge is 0.0584 e. The van der Waals surface area contributed by atoms with Gasteiger partial charge in [-0.1, -0.05) is 20.3 Å². The first-order valence-corrected chi connectivity index (χ1v) is 6.56. The van der Waals surface area contributed by atoms with E-state index < -0.39 is 0 Å². The summed E-state index contributed by atoms with van der Waals surface area (Å²) in [4.78, 5) is 0. The molecule has 2 saturated carbocycles. The summed E-state index contributed by atoms with van der Waals surface area (Å²) in [5.74, 6) is 2.58. The van der Waals surface area contributed by atoms with Crippen molar-refractivity contribution in [1.82, 2.24) is 5.32 Å². The molecule has 2 nitrogen and oxygen atoms in total. The molecule has 0 unspecified atom stereocenters. The molecule has 4 atom stereocenters. The van der Waals surface area contributed by atoms with Crippen molar-refractivity contribution in [2.45, 2.75) is 58.0 Å². The molecule has 0 aromatic heterocycles. The second-order valence-corrected chi connectivity index (χ2v) is 5.96. The van der Waals surface area contributed by atoms with Crippen LogP contribution in [0.4, 0.5) is 0 Å². The summed E-state index contributed by atoms with van der Waals surface area (Å²) < 4.78 is 0. The molecule has 15 heavy (non-hydrogen) atoms. The largest absolute Gasteiger partial charge is 0.395 e. The third-order valence-corrected chi connectivity index (χ3v) is 4.16. The number of nitrogens with one attached hydrogen (secondary N) is 1. The molecule has 0 amide bonds. The summed E-state index contributed by atoms with van der Waals surface area (Å²) in [6.07, 6.45) is 6.78. The van der Waals surface area contributed by atoms with Crippen LogP contribution in [0.2, 0.25) is 0 Å². The van der Waals surface area contributed by atoms with E-state index in [1.165, 1.54) is 25.7 Å². The standard InChI is InChI=1S/C13H25NO/c1-9(2)5-12(8-15)14-13-7-10-3-4-11(13)6-10/h9-15H,3-8H2,1-2H3/t10-,11-,12+,13+/m0/s1. The van der Waals surface area contributed by atoms with Gasteiger partial charge in [-0.3, -0.25) is 0 Å². The number of fused-ring (bicyclic) bond motifs is 2. The summed E-state index contributed by atoms with van der Waals surface area (Å²) in [6.45, 7) is 4.75. The molecule has 2 N–H and O–H groups in total. The Morgan fingerprint density at radius 2 is 2.07 bits per heavy atom. The van der Waals surface area contributed by atoms with E-state index in [0.29, 0.717) is 24.6 Å². The summed E-state index contributed by atoms with van der Waals surface area (Å²) >= 11 is 0. The van der Waals surface area contributed by atoms with Crippen LogP contribution in [0.15, 0.2) is 0 Å². The van der Waals surface area contributed by atoms with E-state index in [4.69, 9.17) is 0 Å². The van der Waals surface area contributed by atoms with Crippen molar-refractivity contribution in [2.24, 2.45) is 17.8 Å². The molecule has 2 heteroatoms. The van der Waals surface area contributed by atoms with Crippen LogP contribution < -0.4 is 5.32 Å². The first kappa shape index (κ1) is 11.4. The monoisotopic (exact) mass is 211 g/mol. The Labute approximate surface area is 93.5 Å². The minimum absolute atomic E-state index is 0.298. The first-order valence-electron chi connectivity index (χ1n) is 6.56. The molecule has 0 aliphatic heterocycles. The van der Waals surface area contributed by atoms with E-state index in [-0.39, 0.29) is 0 Å². The second kappa shape index (κ2) is 4.84. The van der Waals surface area contributed by atoms with Crippen LogP contribution in [-0.2, 0) is 0 Å². The van der Waals surface area contributed by atoms with Gasteiger partial charge in [0.2, 0.25) is 0 Å². The fraction of sp³-hybridized carbons (Fsp3) is 1.00. The fourth-order valence-electron chi connectivity index (χ4n) is 3.52. The van der Waals surface area contributed by atoms with Crippen molar-refractivity contribution in [3.05, 3.63) is 0 Å². The van der Waals surface area contributed by atoms with Crippen LogP contribution >= 0.6 is 0 Å². The van der Waals surface area contributed by atoms with Crippen molar-refractivity contribution in [3.8, 4) is 0 Å². The molecule has 0 aromatic carbocycles. The third-order valence-electron chi connectivity index (χ3n) is 4.16. The van der Waals surface area contributed by atoms with Gasteiger partial charge in [-0.25, -0.2) is 0 Å². The van der Waals surface area contributed by atoms with Crippen molar-refractivity contribution >= 4 is 0 Å². The van der Waals surface area contributed by atoms with Gasteiger partial charge >= 0.3 is 0 Å². The van der Waals surface area contributed by atoms with Gasteiger partial charge < -0.3 is 10.4 Å². The normalized spacial score (nSPS) is 36.4. The Bertz CT molecular complexity index is 205. The number of hydrogen-bond acceptors (Lipinski definition) is 2. The molecule has 2 bridgehead atoms. The molecule has 0 spiro atoms. The summed E-state index contributed by atoms with van der Waals surface area (Å²) in [5, 5.41) is 13.0.